The molecule has 138 valence electrons. The van der Waals surface area contributed by atoms with Crippen LogP contribution in [0.1, 0.15) is 11.1 Å². The minimum Gasteiger partial charge on any atom is -0.343 e. The Morgan fingerprint density at radius 2 is 1.67 bits per heavy atom. The number of fused-ring (bicyclic) bond motifs is 1. The fourth-order valence-electron chi connectivity index (χ4n) is 3.38. The second-order valence-corrected chi connectivity index (χ2v) is 7.87. The number of thioether (sulfide) groups is 1. The van der Waals surface area contributed by atoms with E-state index in [0.29, 0.717) is 0 Å². The molecule has 0 unspecified atom stereocenters. The topological polar surface area (TPSA) is 36.4 Å². The molecule has 27 heavy (non-hydrogen) atoms. The molecule has 5 heteroatoms. The van der Waals surface area contributed by atoms with Crippen LogP contribution in [0, 0.1) is 0 Å². The second kappa shape index (κ2) is 8.55. The Hall–Kier alpha value is -2.37. The Kier molecular flexibility index (Phi) is 5.70. The van der Waals surface area contributed by atoms with Gasteiger partial charge in [-0.2, -0.15) is 0 Å². The Balaban J connectivity index is 1.35. The molecule has 1 amide bonds. The van der Waals surface area contributed by atoms with Crippen LogP contribution >= 0.6 is 11.8 Å². The Morgan fingerprint density at radius 3 is 2.44 bits per heavy atom. The van der Waals surface area contributed by atoms with Crippen LogP contribution in [-0.4, -0.2) is 47.4 Å². The largest absolute Gasteiger partial charge is 0.343 e. The van der Waals surface area contributed by atoms with Gasteiger partial charge in [0.1, 0.15) is 0 Å². The third-order valence-corrected chi connectivity index (χ3v) is 6.13. The average Bonchev–Trinajstić information content (AvgIpc) is 2.74. The Labute approximate surface area is 164 Å². The van der Waals surface area contributed by atoms with E-state index in [-0.39, 0.29) is 0 Å². The van der Waals surface area contributed by atoms with Crippen LogP contribution in [0.3, 0.4) is 0 Å². The van der Waals surface area contributed by atoms with Gasteiger partial charge in [0.2, 0.25) is 6.41 Å². The van der Waals surface area contributed by atoms with Gasteiger partial charge in [0.05, 0.1) is 5.52 Å². The van der Waals surface area contributed by atoms with Crippen molar-refractivity contribution in [2.45, 2.75) is 17.2 Å². The van der Waals surface area contributed by atoms with Crippen molar-refractivity contribution in [1.29, 1.82) is 0 Å². The number of carbonyl (C=O) groups excluding carboxylic acids is 1. The molecule has 3 aromatic rings. The molecule has 1 fully saturated rings. The maximum Gasteiger partial charge on any atom is 0.209 e. The van der Waals surface area contributed by atoms with Gasteiger partial charge in [-0.3, -0.25) is 14.7 Å². The first-order chi connectivity index (χ1) is 13.3. The number of amides is 1. The highest BCUT2D eigenvalue weighted by Gasteiger charge is 2.15. The molecular formula is C22H23N3OS. The van der Waals surface area contributed by atoms with E-state index in [2.05, 4.69) is 58.4 Å². The fourth-order valence-corrected chi connectivity index (χ4v) is 4.38. The molecule has 2 heterocycles. The van der Waals surface area contributed by atoms with Gasteiger partial charge in [0.15, 0.2) is 0 Å². The summed E-state index contributed by atoms with van der Waals surface area (Å²) in [5, 5.41) is 1.22. The van der Waals surface area contributed by atoms with Crippen molar-refractivity contribution in [2.24, 2.45) is 0 Å². The molecule has 0 saturated carbocycles. The van der Waals surface area contributed by atoms with Crippen molar-refractivity contribution >= 4 is 29.1 Å². The second-order valence-electron chi connectivity index (χ2n) is 6.85. The predicted octanol–water partition coefficient (Wildman–Crippen LogP) is 3.80. The van der Waals surface area contributed by atoms with Gasteiger partial charge in [0, 0.05) is 55.0 Å². The highest BCUT2D eigenvalue weighted by atomic mass is 32.2. The minimum absolute atomic E-state index is 0.831. The molecular weight excluding hydrogens is 354 g/mol. The molecule has 0 bridgehead atoms. The van der Waals surface area contributed by atoms with Crippen molar-refractivity contribution in [3.8, 4) is 0 Å². The van der Waals surface area contributed by atoms with Crippen molar-refractivity contribution in [3.63, 3.8) is 0 Å². The molecule has 1 aromatic heterocycles. The highest BCUT2D eigenvalue weighted by molar-refractivity contribution is 7.98. The molecule has 2 aromatic carbocycles. The first-order valence-electron chi connectivity index (χ1n) is 9.28. The van der Waals surface area contributed by atoms with Gasteiger partial charge in [-0.15, -0.1) is 11.8 Å². The normalized spacial score (nSPS) is 15.2. The predicted molar refractivity (Wildman–Crippen MR) is 111 cm³/mol. The summed E-state index contributed by atoms with van der Waals surface area (Å²) in [6.07, 6.45) is 2.84. The van der Waals surface area contributed by atoms with Gasteiger partial charge >= 0.3 is 0 Å². The van der Waals surface area contributed by atoms with E-state index in [4.69, 9.17) is 0 Å². The zero-order valence-corrected chi connectivity index (χ0v) is 16.1. The van der Waals surface area contributed by atoms with Crippen LogP contribution in [0.4, 0.5) is 0 Å². The van der Waals surface area contributed by atoms with E-state index in [0.717, 1.165) is 50.4 Å². The van der Waals surface area contributed by atoms with Crippen molar-refractivity contribution in [1.82, 2.24) is 14.8 Å². The molecule has 0 spiro atoms. The molecule has 0 aliphatic carbocycles. The summed E-state index contributed by atoms with van der Waals surface area (Å²) in [7, 11) is 0. The molecule has 1 aliphatic rings. The summed E-state index contributed by atoms with van der Waals surface area (Å²) in [6.45, 7) is 4.52. The monoisotopic (exact) mass is 377 g/mol. The number of rotatable bonds is 6. The van der Waals surface area contributed by atoms with Gasteiger partial charge in [0.25, 0.3) is 0 Å². The van der Waals surface area contributed by atoms with E-state index in [1.807, 2.05) is 28.9 Å². The van der Waals surface area contributed by atoms with Crippen LogP contribution in [-0.2, 0) is 17.1 Å². The lowest BCUT2D eigenvalue weighted by molar-refractivity contribution is -0.119. The molecule has 4 nitrogen and oxygen atoms in total. The molecule has 0 atom stereocenters. The number of hydrogen-bond donors (Lipinski definition) is 0. The van der Waals surface area contributed by atoms with E-state index in [1.165, 1.54) is 21.4 Å². The first kappa shape index (κ1) is 18.0. The maximum absolute atomic E-state index is 10.8. The first-order valence-corrected chi connectivity index (χ1v) is 10.3. The van der Waals surface area contributed by atoms with Crippen molar-refractivity contribution in [3.05, 3.63) is 71.9 Å². The number of nitrogens with zero attached hydrogens (tertiary/aromatic N) is 3. The number of pyridine rings is 1. The van der Waals surface area contributed by atoms with Crippen LogP contribution < -0.4 is 0 Å². The summed E-state index contributed by atoms with van der Waals surface area (Å²) in [5.74, 6) is 0.951. The molecule has 0 N–H and O–H groups in total. The SMILES string of the molecule is O=CN1CCN(Cc2ccc(CSc3ccnc4ccccc34)cc2)CC1. The average molecular weight is 378 g/mol. The Morgan fingerprint density at radius 1 is 0.926 bits per heavy atom. The van der Waals surface area contributed by atoms with Crippen LogP contribution in [0.25, 0.3) is 10.9 Å². The zero-order chi connectivity index (χ0) is 18.5. The lowest BCUT2D eigenvalue weighted by atomic mass is 10.1. The lowest BCUT2D eigenvalue weighted by Gasteiger charge is -2.32. The summed E-state index contributed by atoms with van der Waals surface area (Å²) >= 11 is 1.86. The molecule has 0 radical (unpaired) electrons. The van der Waals surface area contributed by atoms with Crippen molar-refractivity contribution in [2.75, 3.05) is 26.2 Å². The highest BCUT2D eigenvalue weighted by Crippen LogP contribution is 2.29. The van der Waals surface area contributed by atoms with Crippen molar-refractivity contribution < 1.29 is 4.79 Å². The summed E-state index contributed by atoms with van der Waals surface area (Å²) in [5.41, 5.74) is 3.71. The van der Waals surface area contributed by atoms with Gasteiger partial charge in [-0.25, -0.2) is 0 Å². The van der Waals surface area contributed by atoms with Crippen LogP contribution in [0.5, 0.6) is 0 Å². The molecule has 4 rings (SSSR count). The summed E-state index contributed by atoms with van der Waals surface area (Å²) < 4.78 is 0. The van der Waals surface area contributed by atoms with Gasteiger partial charge in [-0.1, -0.05) is 42.5 Å². The quantitative estimate of drug-likeness (QED) is 0.484. The van der Waals surface area contributed by atoms with Gasteiger partial charge in [-0.05, 0) is 23.3 Å². The Bertz CT molecular complexity index is 900. The van der Waals surface area contributed by atoms with E-state index in [9.17, 15) is 4.79 Å². The maximum atomic E-state index is 10.8. The minimum atomic E-state index is 0.831. The summed E-state index contributed by atoms with van der Waals surface area (Å²) in [4.78, 5) is 20.8. The van der Waals surface area contributed by atoms with Crippen LogP contribution in [0.15, 0.2) is 65.7 Å². The number of para-hydroxylation sites is 1. The molecule has 1 aliphatic heterocycles. The van der Waals surface area contributed by atoms with E-state index < -0.39 is 0 Å². The third kappa shape index (κ3) is 4.49. The lowest BCUT2D eigenvalue weighted by Crippen LogP contribution is -2.45. The van der Waals surface area contributed by atoms with Gasteiger partial charge < -0.3 is 4.90 Å². The number of carbonyl (C=O) groups is 1. The third-order valence-electron chi connectivity index (χ3n) is 4.99. The number of aromatic nitrogens is 1. The number of hydrogen-bond acceptors (Lipinski definition) is 4. The number of piperazine rings is 1. The van der Waals surface area contributed by atoms with E-state index in [1.54, 1.807) is 0 Å². The zero-order valence-electron chi connectivity index (χ0n) is 15.3. The van der Waals surface area contributed by atoms with Crippen LogP contribution in [0.2, 0.25) is 0 Å². The summed E-state index contributed by atoms with van der Waals surface area (Å²) in [6, 6.07) is 19.3. The standard InChI is InChI=1S/C22H23N3OS/c26-17-25-13-11-24(12-14-25)15-18-5-7-19(8-6-18)16-27-22-9-10-23-21-4-2-1-3-20(21)22/h1-10,17H,11-16H2. The molecule has 1 saturated heterocycles. The smallest absolute Gasteiger partial charge is 0.209 e. The number of benzene rings is 2. The fraction of sp³-hybridized carbons (Fsp3) is 0.273. The van der Waals surface area contributed by atoms with E-state index >= 15 is 0 Å².